The minimum absolute atomic E-state index is 0.205. The van der Waals surface area contributed by atoms with Crippen molar-refractivity contribution in [1.82, 2.24) is 10.9 Å². The number of nitrogens with one attached hydrogen (secondary N) is 3. The third-order valence-corrected chi connectivity index (χ3v) is 3.83. The molecule has 0 radical (unpaired) electrons. The topological polar surface area (TPSA) is 53.2 Å². The van der Waals surface area contributed by atoms with E-state index < -0.39 is 0 Å². The van der Waals surface area contributed by atoms with E-state index in [2.05, 4.69) is 22.2 Å². The van der Waals surface area contributed by atoms with Crippen molar-refractivity contribution >= 4 is 40.3 Å². The molecular formula is C15H17N3OS2. The number of aryl methyl sites for hydroxylation is 3. The second-order valence-electron chi connectivity index (χ2n) is 4.86. The van der Waals surface area contributed by atoms with Crippen LogP contribution < -0.4 is 16.2 Å². The lowest BCUT2D eigenvalue weighted by Gasteiger charge is -2.12. The number of hydrogen-bond donors (Lipinski definition) is 3. The fraction of sp³-hybridized carbons (Fsp3) is 0.200. The normalized spacial score (nSPS) is 10.0. The van der Waals surface area contributed by atoms with Gasteiger partial charge in [-0.05, 0) is 62.3 Å². The van der Waals surface area contributed by atoms with E-state index in [1.165, 1.54) is 11.3 Å². The molecule has 0 saturated heterocycles. The summed E-state index contributed by atoms with van der Waals surface area (Å²) >= 11 is 6.70. The number of amides is 1. The number of anilines is 1. The Labute approximate surface area is 133 Å². The van der Waals surface area contributed by atoms with Crippen LogP contribution in [0.4, 0.5) is 5.69 Å². The zero-order valence-electron chi connectivity index (χ0n) is 12.1. The number of carbonyl (C=O) groups is 1. The summed E-state index contributed by atoms with van der Waals surface area (Å²) in [6.45, 7) is 6.01. The van der Waals surface area contributed by atoms with Crippen LogP contribution in [0.2, 0.25) is 0 Å². The van der Waals surface area contributed by atoms with Crippen LogP contribution in [-0.4, -0.2) is 11.0 Å². The van der Waals surface area contributed by atoms with Crippen LogP contribution in [-0.2, 0) is 0 Å². The largest absolute Gasteiger partial charge is 0.331 e. The number of thiocarbonyl (C=S) groups is 1. The second kappa shape index (κ2) is 6.69. The molecule has 0 spiro atoms. The lowest BCUT2D eigenvalue weighted by molar-refractivity contribution is 0.0944. The van der Waals surface area contributed by atoms with Gasteiger partial charge < -0.3 is 5.32 Å². The minimum atomic E-state index is -0.205. The Morgan fingerprint density at radius 3 is 2.29 bits per heavy atom. The average Bonchev–Trinajstić information content (AvgIpc) is 2.81. The number of benzene rings is 1. The maximum absolute atomic E-state index is 11.9. The maximum atomic E-state index is 11.9. The third-order valence-electron chi connectivity index (χ3n) is 2.76. The lowest BCUT2D eigenvalue weighted by Crippen LogP contribution is -2.43. The molecule has 0 aliphatic heterocycles. The molecule has 2 rings (SSSR count). The molecule has 0 aliphatic carbocycles. The van der Waals surface area contributed by atoms with Gasteiger partial charge in [-0.1, -0.05) is 6.07 Å². The molecule has 1 aromatic heterocycles. The van der Waals surface area contributed by atoms with E-state index >= 15 is 0 Å². The van der Waals surface area contributed by atoms with Crippen molar-refractivity contribution in [2.24, 2.45) is 0 Å². The molecule has 110 valence electrons. The van der Waals surface area contributed by atoms with E-state index in [-0.39, 0.29) is 5.91 Å². The highest BCUT2D eigenvalue weighted by atomic mass is 32.1. The first-order chi connectivity index (χ1) is 9.94. The second-order valence-corrected chi connectivity index (χ2v) is 6.38. The van der Waals surface area contributed by atoms with Gasteiger partial charge in [0.05, 0.1) is 5.56 Å². The molecule has 1 heterocycles. The summed E-state index contributed by atoms with van der Waals surface area (Å²) in [7, 11) is 0. The average molecular weight is 319 g/mol. The van der Waals surface area contributed by atoms with Gasteiger partial charge in [0.1, 0.15) is 0 Å². The van der Waals surface area contributed by atoms with Gasteiger partial charge in [0.25, 0.3) is 5.91 Å². The molecule has 21 heavy (non-hydrogen) atoms. The highest BCUT2D eigenvalue weighted by Crippen LogP contribution is 2.14. The monoisotopic (exact) mass is 319 g/mol. The Balaban J connectivity index is 1.88. The van der Waals surface area contributed by atoms with Gasteiger partial charge in [-0.25, -0.2) is 0 Å². The molecule has 6 heteroatoms. The Morgan fingerprint density at radius 2 is 1.71 bits per heavy atom. The van der Waals surface area contributed by atoms with Crippen molar-refractivity contribution in [2.75, 3.05) is 5.32 Å². The van der Waals surface area contributed by atoms with Gasteiger partial charge in [0.15, 0.2) is 5.11 Å². The molecule has 0 fully saturated rings. The summed E-state index contributed by atoms with van der Waals surface area (Å²) in [4.78, 5) is 13.0. The third kappa shape index (κ3) is 4.54. The van der Waals surface area contributed by atoms with Gasteiger partial charge in [-0.15, -0.1) is 11.3 Å². The van der Waals surface area contributed by atoms with E-state index in [0.29, 0.717) is 10.7 Å². The van der Waals surface area contributed by atoms with Gasteiger partial charge >= 0.3 is 0 Å². The van der Waals surface area contributed by atoms with Crippen molar-refractivity contribution in [3.05, 3.63) is 51.2 Å². The van der Waals surface area contributed by atoms with Crippen LogP contribution in [0.15, 0.2) is 29.6 Å². The summed E-state index contributed by atoms with van der Waals surface area (Å²) in [6, 6.07) is 7.90. The van der Waals surface area contributed by atoms with Gasteiger partial charge in [0.2, 0.25) is 0 Å². The standard InChI is InChI=1S/C15H17N3OS2/c1-9-4-10(2)6-13(5-9)16-15(20)18-17-14(19)12-7-11(3)21-8-12/h4-8H,1-3H3,(H,17,19)(H2,16,18,20). The van der Waals surface area contributed by atoms with E-state index in [1.54, 1.807) is 0 Å². The van der Waals surface area contributed by atoms with Crippen LogP contribution in [0.1, 0.15) is 26.4 Å². The van der Waals surface area contributed by atoms with Gasteiger partial charge in [-0.2, -0.15) is 0 Å². The summed E-state index contributed by atoms with van der Waals surface area (Å²) in [6.07, 6.45) is 0. The molecule has 3 N–H and O–H groups in total. The fourth-order valence-electron chi connectivity index (χ4n) is 1.96. The zero-order chi connectivity index (χ0) is 15.4. The molecule has 0 saturated carbocycles. The quantitative estimate of drug-likeness (QED) is 0.587. The Hall–Kier alpha value is -1.92. The molecule has 0 bridgehead atoms. The Bertz CT molecular complexity index is 659. The molecule has 0 unspecified atom stereocenters. The van der Waals surface area contributed by atoms with Crippen LogP contribution in [0.5, 0.6) is 0 Å². The molecule has 4 nitrogen and oxygen atoms in total. The molecular weight excluding hydrogens is 302 g/mol. The summed E-state index contributed by atoms with van der Waals surface area (Å²) in [5.41, 5.74) is 9.10. The van der Waals surface area contributed by atoms with Crippen LogP contribution in [0.3, 0.4) is 0 Å². The number of rotatable bonds is 2. The van der Waals surface area contributed by atoms with Gasteiger partial charge in [0, 0.05) is 15.9 Å². The lowest BCUT2D eigenvalue weighted by atomic mass is 10.1. The van der Waals surface area contributed by atoms with Crippen LogP contribution >= 0.6 is 23.6 Å². The number of thiophene rings is 1. The summed E-state index contributed by atoms with van der Waals surface area (Å²) in [5, 5.41) is 5.20. The van der Waals surface area contributed by atoms with E-state index in [0.717, 1.165) is 21.7 Å². The van der Waals surface area contributed by atoms with Gasteiger partial charge in [-0.3, -0.25) is 15.6 Å². The molecule has 2 aromatic rings. The first kappa shape index (κ1) is 15.5. The number of hydrogen-bond acceptors (Lipinski definition) is 3. The predicted octanol–water partition coefficient (Wildman–Crippen LogP) is 3.30. The molecule has 0 aliphatic rings. The Morgan fingerprint density at radius 1 is 1.05 bits per heavy atom. The molecule has 0 atom stereocenters. The van der Waals surface area contributed by atoms with E-state index in [1.807, 2.05) is 44.4 Å². The van der Waals surface area contributed by atoms with Crippen molar-refractivity contribution < 1.29 is 4.79 Å². The molecule has 1 amide bonds. The zero-order valence-corrected chi connectivity index (χ0v) is 13.7. The maximum Gasteiger partial charge on any atom is 0.270 e. The number of carbonyl (C=O) groups excluding carboxylic acids is 1. The smallest absolute Gasteiger partial charge is 0.270 e. The SMILES string of the molecule is Cc1cc(C)cc(NC(=S)NNC(=O)c2csc(C)c2)c1. The summed E-state index contributed by atoms with van der Waals surface area (Å²) < 4.78 is 0. The first-order valence-electron chi connectivity index (χ1n) is 6.45. The van der Waals surface area contributed by atoms with Crippen molar-refractivity contribution in [2.45, 2.75) is 20.8 Å². The van der Waals surface area contributed by atoms with Crippen molar-refractivity contribution in [3.8, 4) is 0 Å². The predicted molar refractivity (Wildman–Crippen MR) is 91.8 cm³/mol. The number of hydrazine groups is 1. The van der Waals surface area contributed by atoms with Crippen molar-refractivity contribution in [3.63, 3.8) is 0 Å². The Kier molecular flexibility index (Phi) is 4.93. The summed E-state index contributed by atoms with van der Waals surface area (Å²) in [5.74, 6) is -0.205. The van der Waals surface area contributed by atoms with Crippen LogP contribution in [0, 0.1) is 20.8 Å². The minimum Gasteiger partial charge on any atom is -0.331 e. The first-order valence-corrected chi connectivity index (χ1v) is 7.73. The molecule has 1 aromatic carbocycles. The van der Waals surface area contributed by atoms with Crippen LogP contribution in [0.25, 0.3) is 0 Å². The highest BCUT2D eigenvalue weighted by Gasteiger charge is 2.07. The highest BCUT2D eigenvalue weighted by molar-refractivity contribution is 7.80. The van der Waals surface area contributed by atoms with E-state index in [4.69, 9.17) is 12.2 Å². The van der Waals surface area contributed by atoms with Crippen molar-refractivity contribution in [1.29, 1.82) is 0 Å². The fourth-order valence-corrected chi connectivity index (χ4v) is 2.81. The van der Waals surface area contributed by atoms with E-state index in [9.17, 15) is 4.79 Å².